The molecule has 0 spiro atoms. The zero-order chi connectivity index (χ0) is 20.0. The van der Waals surface area contributed by atoms with E-state index in [1.165, 1.54) is 51.4 Å². The van der Waals surface area contributed by atoms with E-state index < -0.39 is 0 Å². The first-order valence-corrected chi connectivity index (χ1v) is 11.3. The fraction of sp³-hybridized carbons (Fsp3) is 0.909. The summed E-state index contributed by atoms with van der Waals surface area (Å²) in [6, 6.07) is 0.516. The molecule has 0 radical (unpaired) electrons. The number of nitrogens with one attached hydrogen (secondary N) is 2. The van der Waals surface area contributed by atoms with Crippen molar-refractivity contribution < 1.29 is 9.53 Å². The molecule has 0 heterocycles. The van der Waals surface area contributed by atoms with Crippen LogP contribution in [0.25, 0.3) is 0 Å². The standard InChI is InChI=1S/C22H40N4O2.HI/c1-4-28-12-11-22(9-5-6-10-22)16-24-21(23-15-20(27)26(2)3)25-19-14-17-7-8-18(19)13-17;/h17-19H,4-16H2,1-3H3,(H2,23,24,25);1H. The van der Waals surface area contributed by atoms with Crippen molar-refractivity contribution in [2.45, 2.75) is 70.8 Å². The molecule has 0 aromatic heterocycles. The molecule has 168 valence electrons. The van der Waals surface area contributed by atoms with Crippen LogP contribution in [0, 0.1) is 17.3 Å². The Morgan fingerprint density at radius 3 is 2.55 bits per heavy atom. The molecule has 3 unspecified atom stereocenters. The number of carbonyl (C=O) groups excluding carboxylic acids is 1. The topological polar surface area (TPSA) is 66.0 Å². The number of hydrogen-bond acceptors (Lipinski definition) is 3. The average Bonchev–Trinajstić information content (AvgIpc) is 3.41. The molecule has 3 rings (SSSR count). The van der Waals surface area contributed by atoms with Gasteiger partial charge in [0.15, 0.2) is 5.96 Å². The number of aliphatic imine (C=N–C) groups is 1. The van der Waals surface area contributed by atoms with E-state index in [1.54, 1.807) is 19.0 Å². The van der Waals surface area contributed by atoms with Crippen LogP contribution in [0.15, 0.2) is 4.99 Å². The Morgan fingerprint density at radius 2 is 1.97 bits per heavy atom. The van der Waals surface area contributed by atoms with Crippen LogP contribution in [0.4, 0.5) is 0 Å². The van der Waals surface area contributed by atoms with E-state index in [1.807, 2.05) is 0 Å². The molecule has 0 aromatic rings. The molecule has 3 fully saturated rings. The molecule has 3 saturated carbocycles. The summed E-state index contributed by atoms with van der Waals surface area (Å²) >= 11 is 0. The normalized spacial score (nSPS) is 27.6. The first kappa shape index (κ1) is 24.7. The minimum atomic E-state index is 0. The number of guanidine groups is 1. The fourth-order valence-corrected chi connectivity index (χ4v) is 5.38. The van der Waals surface area contributed by atoms with Crippen LogP contribution < -0.4 is 10.6 Å². The smallest absolute Gasteiger partial charge is 0.243 e. The van der Waals surface area contributed by atoms with Crippen molar-refractivity contribution in [2.75, 3.05) is 40.4 Å². The zero-order valence-electron chi connectivity index (χ0n) is 18.5. The lowest BCUT2D eigenvalue weighted by Crippen LogP contribution is -2.49. The number of hydrogen-bond donors (Lipinski definition) is 2. The minimum Gasteiger partial charge on any atom is -0.382 e. The molecule has 0 aromatic carbocycles. The van der Waals surface area contributed by atoms with E-state index in [-0.39, 0.29) is 36.4 Å². The van der Waals surface area contributed by atoms with Gasteiger partial charge in [-0.3, -0.25) is 4.79 Å². The van der Waals surface area contributed by atoms with Gasteiger partial charge in [-0.25, -0.2) is 4.99 Å². The third kappa shape index (κ3) is 6.97. The number of likely N-dealkylation sites (N-methyl/N-ethyl adjacent to an activating group) is 1. The van der Waals surface area contributed by atoms with Gasteiger partial charge in [0.25, 0.3) is 0 Å². The van der Waals surface area contributed by atoms with Crippen molar-refractivity contribution in [1.29, 1.82) is 0 Å². The maximum atomic E-state index is 12.1. The summed E-state index contributed by atoms with van der Waals surface area (Å²) in [6.45, 7) is 4.81. The predicted octanol–water partition coefficient (Wildman–Crippen LogP) is 3.40. The van der Waals surface area contributed by atoms with Gasteiger partial charge in [-0.05, 0) is 62.7 Å². The van der Waals surface area contributed by atoms with Gasteiger partial charge in [0.2, 0.25) is 5.91 Å². The van der Waals surface area contributed by atoms with Gasteiger partial charge in [-0.2, -0.15) is 0 Å². The van der Waals surface area contributed by atoms with Gasteiger partial charge in [0.1, 0.15) is 6.54 Å². The largest absolute Gasteiger partial charge is 0.382 e. The molecule has 7 heteroatoms. The lowest BCUT2D eigenvalue weighted by Gasteiger charge is -2.31. The van der Waals surface area contributed by atoms with Crippen LogP contribution >= 0.6 is 24.0 Å². The second kappa shape index (κ2) is 11.7. The Morgan fingerprint density at radius 1 is 1.21 bits per heavy atom. The first-order valence-electron chi connectivity index (χ1n) is 11.3. The zero-order valence-corrected chi connectivity index (χ0v) is 20.9. The van der Waals surface area contributed by atoms with Gasteiger partial charge in [0.05, 0.1) is 0 Å². The van der Waals surface area contributed by atoms with Crippen molar-refractivity contribution in [3.63, 3.8) is 0 Å². The average molecular weight is 521 g/mol. The maximum Gasteiger partial charge on any atom is 0.243 e. The van der Waals surface area contributed by atoms with Crippen molar-refractivity contribution >= 4 is 35.8 Å². The van der Waals surface area contributed by atoms with Crippen LogP contribution in [0.3, 0.4) is 0 Å². The van der Waals surface area contributed by atoms with Crippen molar-refractivity contribution in [3.8, 4) is 0 Å². The summed E-state index contributed by atoms with van der Waals surface area (Å²) in [4.78, 5) is 18.3. The fourth-order valence-electron chi connectivity index (χ4n) is 5.38. The van der Waals surface area contributed by atoms with E-state index >= 15 is 0 Å². The minimum absolute atomic E-state index is 0. The number of halogens is 1. The van der Waals surface area contributed by atoms with Crippen molar-refractivity contribution in [2.24, 2.45) is 22.2 Å². The highest BCUT2D eigenvalue weighted by atomic mass is 127. The summed E-state index contributed by atoms with van der Waals surface area (Å²) in [6.07, 6.45) is 11.6. The number of ether oxygens (including phenoxy) is 1. The highest BCUT2D eigenvalue weighted by Gasteiger charge is 2.40. The second-order valence-electron chi connectivity index (χ2n) is 9.39. The van der Waals surface area contributed by atoms with E-state index in [2.05, 4.69) is 22.5 Å². The highest BCUT2D eigenvalue weighted by molar-refractivity contribution is 14.0. The Kier molecular flexibility index (Phi) is 9.98. The molecule has 2 bridgehead atoms. The molecule has 29 heavy (non-hydrogen) atoms. The molecule has 3 atom stereocenters. The van der Waals surface area contributed by atoms with E-state index in [0.29, 0.717) is 11.5 Å². The number of rotatable bonds is 9. The second-order valence-corrected chi connectivity index (χ2v) is 9.39. The molecule has 1 amide bonds. The molecule has 0 saturated heterocycles. The van der Waals surface area contributed by atoms with E-state index in [0.717, 1.165) is 44.0 Å². The summed E-state index contributed by atoms with van der Waals surface area (Å²) in [5, 5.41) is 7.31. The van der Waals surface area contributed by atoms with Crippen LogP contribution in [-0.2, 0) is 9.53 Å². The quantitative estimate of drug-likeness (QED) is 0.212. The first-order chi connectivity index (χ1) is 13.5. The molecular weight excluding hydrogens is 479 g/mol. The van der Waals surface area contributed by atoms with Crippen LogP contribution in [0.5, 0.6) is 0 Å². The lowest BCUT2D eigenvalue weighted by molar-refractivity contribution is -0.127. The Labute approximate surface area is 194 Å². The molecule has 6 nitrogen and oxygen atoms in total. The SMILES string of the molecule is CCOCCC1(CNC(=NCC(=O)N(C)C)NC2CC3CCC2C3)CCCC1.I. The van der Waals surface area contributed by atoms with Gasteiger partial charge in [-0.1, -0.05) is 19.3 Å². The van der Waals surface area contributed by atoms with Gasteiger partial charge in [-0.15, -0.1) is 24.0 Å². The molecule has 3 aliphatic carbocycles. The number of carbonyl (C=O) groups is 1. The third-order valence-corrected chi connectivity index (χ3v) is 7.21. The van der Waals surface area contributed by atoms with Crippen molar-refractivity contribution in [1.82, 2.24) is 15.5 Å². The van der Waals surface area contributed by atoms with E-state index in [4.69, 9.17) is 4.74 Å². The maximum absolute atomic E-state index is 12.1. The van der Waals surface area contributed by atoms with E-state index in [9.17, 15) is 4.79 Å². The monoisotopic (exact) mass is 520 g/mol. The van der Waals surface area contributed by atoms with Crippen molar-refractivity contribution in [3.05, 3.63) is 0 Å². The molecule has 0 aliphatic heterocycles. The van der Waals surface area contributed by atoms with Gasteiger partial charge >= 0.3 is 0 Å². The van der Waals surface area contributed by atoms with Gasteiger partial charge in [0, 0.05) is 39.9 Å². The summed E-state index contributed by atoms with van der Waals surface area (Å²) in [5.41, 5.74) is 0.303. The number of nitrogens with zero attached hydrogens (tertiary/aromatic N) is 2. The summed E-state index contributed by atoms with van der Waals surface area (Å²) < 4.78 is 5.65. The Hall–Kier alpha value is -0.570. The highest BCUT2D eigenvalue weighted by Crippen LogP contribution is 2.44. The Bertz CT molecular complexity index is 549. The van der Waals surface area contributed by atoms with Crippen LogP contribution in [0.2, 0.25) is 0 Å². The molecular formula is C22H41IN4O2. The third-order valence-electron chi connectivity index (χ3n) is 7.21. The predicted molar refractivity (Wildman–Crippen MR) is 129 cm³/mol. The Balaban J connectivity index is 0.00000300. The van der Waals surface area contributed by atoms with Crippen LogP contribution in [-0.4, -0.2) is 63.2 Å². The van der Waals surface area contributed by atoms with Gasteiger partial charge < -0.3 is 20.3 Å². The summed E-state index contributed by atoms with van der Waals surface area (Å²) in [5.74, 6) is 2.54. The van der Waals surface area contributed by atoms with Crippen LogP contribution in [0.1, 0.15) is 64.7 Å². The number of fused-ring (bicyclic) bond motifs is 2. The molecule has 2 N–H and O–H groups in total. The number of amides is 1. The summed E-state index contributed by atoms with van der Waals surface area (Å²) in [7, 11) is 3.57. The molecule has 3 aliphatic rings. The lowest BCUT2D eigenvalue weighted by atomic mass is 9.83.